The molecule has 1 saturated heterocycles. The second-order valence-corrected chi connectivity index (χ2v) is 4.78. The predicted octanol–water partition coefficient (Wildman–Crippen LogP) is 2.67. The predicted molar refractivity (Wildman–Crippen MR) is 67.1 cm³/mol. The van der Waals surface area contributed by atoms with Gasteiger partial charge in [0.1, 0.15) is 0 Å². The van der Waals surface area contributed by atoms with E-state index in [0.717, 1.165) is 22.5 Å². The van der Waals surface area contributed by atoms with Crippen LogP contribution in [0.25, 0.3) is 0 Å². The zero-order valence-corrected chi connectivity index (χ0v) is 11.2. The first-order valence-corrected chi connectivity index (χ1v) is 6.16. The fourth-order valence-electron chi connectivity index (χ4n) is 1.80. The number of benzene rings is 1. The van der Waals surface area contributed by atoms with Gasteiger partial charge in [0, 0.05) is 11.0 Å². The van der Waals surface area contributed by atoms with Crippen LogP contribution in [-0.2, 0) is 6.54 Å². The first-order valence-electron chi connectivity index (χ1n) is 5.37. The Bertz CT molecular complexity index is 378. The van der Waals surface area contributed by atoms with Crippen molar-refractivity contribution in [3.8, 4) is 11.5 Å². The van der Waals surface area contributed by atoms with Gasteiger partial charge in [0.2, 0.25) is 0 Å². The molecule has 1 aliphatic rings. The highest BCUT2D eigenvalue weighted by molar-refractivity contribution is 9.10. The fraction of sp³-hybridized carbons (Fsp3) is 0.500. The summed E-state index contributed by atoms with van der Waals surface area (Å²) in [4.78, 5) is 2.41. The lowest BCUT2D eigenvalue weighted by atomic mass is 10.1. The van der Waals surface area contributed by atoms with E-state index in [1.165, 1.54) is 25.1 Å². The fourth-order valence-corrected chi connectivity index (χ4v) is 2.25. The Hall–Kier alpha value is -0.740. The Morgan fingerprint density at radius 1 is 1.19 bits per heavy atom. The number of hydrogen-bond donors (Lipinski definition) is 0. The summed E-state index contributed by atoms with van der Waals surface area (Å²) in [5.74, 6) is 1.56. The van der Waals surface area contributed by atoms with E-state index in [-0.39, 0.29) is 0 Å². The molecule has 4 heteroatoms. The molecule has 1 heterocycles. The summed E-state index contributed by atoms with van der Waals surface area (Å²) in [6, 6.07) is 4.01. The number of methoxy groups -OCH3 is 2. The van der Waals surface area contributed by atoms with Gasteiger partial charge in [-0.1, -0.05) is 15.9 Å². The molecule has 0 aromatic heterocycles. The van der Waals surface area contributed by atoms with E-state index < -0.39 is 0 Å². The normalized spacial score (nSPS) is 15.7. The van der Waals surface area contributed by atoms with Crippen molar-refractivity contribution in [2.45, 2.75) is 13.0 Å². The van der Waals surface area contributed by atoms with Crippen molar-refractivity contribution >= 4 is 15.9 Å². The van der Waals surface area contributed by atoms with Gasteiger partial charge < -0.3 is 9.47 Å². The van der Waals surface area contributed by atoms with E-state index >= 15 is 0 Å². The second-order valence-electron chi connectivity index (χ2n) is 3.93. The van der Waals surface area contributed by atoms with Crippen molar-refractivity contribution in [1.29, 1.82) is 0 Å². The lowest BCUT2D eigenvalue weighted by molar-refractivity contribution is 0.172. The molecular weight excluding hydrogens is 270 g/mol. The topological polar surface area (TPSA) is 21.7 Å². The third-order valence-electron chi connectivity index (χ3n) is 2.90. The Morgan fingerprint density at radius 3 is 2.31 bits per heavy atom. The van der Waals surface area contributed by atoms with Crippen molar-refractivity contribution in [2.24, 2.45) is 0 Å². The largest absolute Gasteiger partial charge is 0.493 e. The summed E-state index contributed by atoms with van der Waals surface area (Å²) < 4.78 is 11.6. The van der Waals surface area contributed by atoms with Crippen LogP contribution in [0.15, 0.2) is 16.6 Å². The third-order valence-corrected chi connectivity index (χ3v) is 3.63. The van der Waals surface area contributed by atoms with Crippen molar-refractivity contribution in [2.75, 3.05) is 27.3 Å². The van der Waals surface area contributed by atoms with Crippen molar-refractivity contribution in [3.63, 3.8) is 0 Å². The average molecular weight is 286 g/mol. The summed E-state index contributed by atoms with van der Waals surface area (Å²) in [5.41, 5.74) is 1.25. The molecule has 0 atom stereocenters. The quantitative estimate of drug-likeness (QED) is 0.849. The molecule has 0 saturated carbocycles. The third kappa shape index (κ3) is 2.33. The maximum Gasteiger partial charge on any atom is 0.161 e. The maximum atomic E-state index is 5.30. The number of hydrogen-bond acceptors (Lipinski definition) is 3. The first kappa shape index (κ1) is 11.7. The van der Waals surface area contributed by atoms with E-state index in [0.29, 0.717) is 0 Å². The monoisotopic (exact) mass is 285 g/mol. The Labute approximate surface area is 104 Å². The number of rotatable bonds is 4. The molecule has 0 N–H and O–H groups in total. The molecule has 0 aliphatic carbocycles. The molecule has 0 bridgehead atoms. The summed E-state index contributed by atoms with van der Waals surface area (Å²) >= 11 is 3.57. The van der Waals surface area contributed by atoms with E-state index in [4.69, 9.17) is 9.47 Å². The number of ether oxygens (including phenoxy) is 2. The molecule has 0 amide bonds. The van der Waals surface area contributed by atoms with Crippen LogP contribution in [0.1, 0.15) is 12.0 Å². The lowest BCUT2D eigenvalue weighted by Gasteiger charge is -2.31. The van der Waals surface area contributed by atoms with Crippen LogP contribution in [0.5, 0.6) is 11.5 Å². The highest BCUT2D eigenvalue weighted by Crippen LogP contribution is 2.34. The Kier molecular flexibility index (Phi) is 3.71. The van der Waals surface area contributed by atoms with Gasteiger partial charge in [-0.25, -0.2) is 0 Å². The minimum atomic E-state index is 0.765. The molecule has 3 nitrogen and oxygen atoms in total. The van der Waals surface area contributed by atoms with E-state index in [1.54, 1.807) is 14.2 Å². The van der Waals surface area contributed by atoms with Gasteiger partial charge in [0.15, 0.2) is 11.5 Å². The van der Waals surface area contributed by atoms with Crippen LogP contribution in [0.2, 0.25) is 0 Å². The van der Waals surface area contributed by atoms with Crippen LogP contribution in [0.4, 0.5) is 0 Å². The molecule has 2 rings (SSSR count). The Balaban J connectivity index is 2.22. The van der Waals surface area contributed by atoms with Crippen LogP contribution in [-0.4, -0.2) is 32.2 Å². The zero-order chi connectivity index (χ0) is 11.5. The Morgan fingerprint density at radius 2 is 1.81 bits per heavy atom. The molecular formula is C12H16BrNO2. The molecule has 16 heavy (non-hydrogen) atoms. The van der Waals surface area contributed by atoms with Crippen LogP contribution in [0, 0.1) is 0 Å². The molecule has 1 aliphatic heterocycles. The molecule has 1 fully saturated rings. The first-order chi connectivity index (χ1) is 7.74. The van der Waals surface area contributed by atoms with E-state index in [2.05, 4.69) is 20.8 Å². The highest BCUT2D eigenvalue weighted by Gasteiger charge is 2.17. The summed E-state index contributed by atoms with van der Waals surface area (Å²) in [5, 5.41) is 0. The smallest absolute Gasteiger partial charge is 0.161 e. The van der Waals surface area contributed by atoms with E-state index in [1.807, 2.05) is 12.1 Å². The van der Waals surface area contributed by atoms with Gasteiger partial charge in [0.05, 0.1) is 14.2 Å². The van der Waals surface area contributed by atoms with Gasteiger partial charge >= 0.3 is 0 Å². The number of halogens is 1. The number of nitrogens with zero attached hydrogens (tertiary/aromatic N) is 1. The van der Waals surface area contributed by atoms with Gasteiger partial charge in [-0.05, 0) is 37.2 Å². The summed E-state index contributed by atoms with van der Waals surface area (Å²) in [6.07, 6.45) is 1.31. The second kappa shape index (κ2) is 5.06. The van der Waals surface area contributed by atoms with Gasteiger partial charge in [-0.2, -0.15) is 0 Å². The van der Waals surface area contributed by atoms with Gasteiger partial charge in [0.25, 0.3) is 0 Å². The van der Waals surface area contributed by atoms with Crippen molar-refractivity contribution in [1.82, 2.24) is 4.90 Å². The molecule has 0 unspecified atom stereocenters. The van der Waals surface area contributed by atoms with Gasteiger partial charge in [-0.15, -0.1) is 0 Å². The molecule has 0 spiro atoms. The van der Waals surface area contributed by atoms with Crippen LogP contribution < -0.4 is 9.47 Å². The summed E-state index contributed by atoms with van der Waals surface area (Å²) in [6.45, 7) is 3.36. The molecule has 1 aromatic carbocycles. The molecule has 88 valence electrons. The molecule has 1 aromatic rings. The van der Waals surface area contributed by atoms with Crippen molar-refractivity contribution in [3.05, 3.63) is 22.2 Å². The maximum absolute atomic E-state index is 5.30. The summed E-state index contributed by atoms with van der Waals surface area (Å²) in [7, 11) is 3.32. The van der Waals surface area contributed by atoms with Crippen LogP contribution >= 0.6 is 15.9 Å². The van der Waals surface area contributed by atoms with Gasteiger partial charge in [-0.3, -0.25) is 4.90 Å². The average Bonchev–Trinajstić information content (AvgIpc) is 2.24. The van der Waals surface area contributed by atoms with Crippen molar-refractivity contribution < 1.29 is 9.47 Å². The zero-order valence-electron chi connectivity index (χ0n) is 9.62. The molecule has 0 radical (unpaired) electrons. The minimum Gasteiger partial charge on any atom is -0.493 e. The lowest BCUT2D eigenvalue weighted by Crippen LogP contribution is -2.36. The van der Waals surface area contributed by atoms with Crippen LogP contribution in [0.3, 0.4) is 0 Å². The van der Waals surface area contributed by atoms with E-state index in [9.17, 15) is 0 Å². The standard InChI is InChI=1S/C12H16BrNO2/c1-15-11-6-9(8-14-4-3-5-14)10(13)7-12(11)16-2/h6-7H,3-5,8H2,1-2H3. The minimum absolute atomic E-state index is 0.765. The highest BCUT2D eigenvalue weighted by atomic mass is 79.9. The number of likely N-dealkylation sites (tertiary alicyclic amines) is 1. The SMILES string of the molecule is COc1cc(Br)c(CN2CCC2)cc1OC.